The minimum absolute atomic E-state index is 0.338. The van der Waals surface area contributed by atoms with E-state index in [2.05, 4.69) is 59.2 Å². The Hall–Kier alpha value is -2.49. The lowest BCUT2D eigenvalue weighted by molar-refractivity contribution is -0.116. The molecule has 0 unspecified atom stereocenters. The molecule has 0 radical (unpaired) electrons. The Labute approximate surface area is 161 Å². The van der Waals surface area contributed by atoms with E-state index in [0.29, 0.717) is 18.7 Å². The van der Waals surface area contributed by atoms with Gasteiger partial charge in [-0.3, -0.25) is 4.79 Å². The monoisotopic (exact) mass is 364 g/mol. The number of nitrogens with zero attached hydrogens (tertiary/aromatic N) is 2. The molecular formula is C23H28N2O2. The van der Waals surface area contributed by atoms with E-state index in [9.17, 15) is 4.79 Å². The fraction of sp³-hybridized carbons (Fsp3) is 0.435. The van der Waals surface area contributed by atoms with Crippen molar-refractivity contribution in [1.29, 1.82) is 0 Å². The summed E-state index contributed by atoms with van der Waals surface area (Å²) in [6, 6.07) is 15.2. The number of carbonyl (C=O) groups is 1. The predicted octanol–water partition coefficient (Wildman–Crippen LogP) is 4.21. The highest BCUT2D eigenvalue weighted by atomic mass is 16.5. The first-order valence-corrected chi connectivity index (χ1v) is 10.1. The number of hydrogen-bond acceptors (Lipinski definition) is 4. The molecule has 0 saturated carbocycles. The van der Waals surface area contributed by atoms with Crippen molar-refractivity contribution in [3.05, 3.63) is 53.6 Å². The Balaban J connectivity index is 1.41. The number of carbonyl (C=O) groups excluding carboxylic acids is 1. The van der Waals surface area contributed by atoms with E-state index in [1.54, 1.807) is 0 Å². The smallest absolute Gasteiger partial charge is 0.153 e. The number of rotatable bonds is 6. The molecule has 2 aromatic rings. The molecule has 4 heteroatoms. The second-order valence-corrected chi connectivity index (χ2v) is 7.53. The molecule has 4 nitrogen and oxygen atoms in total. The second kappa shape index (κ2) is 8.03. The Morgan fingerprint density at radius 1 is 0.889 bits per heavy atom. The largest absolute Gasteiger partial charge is 0.494 e. The fourth-order valence-electron chi connectivity index (χ4n) is 3.90. The number of benzene rings is 2. The van der Waals surface area contributed by atoms with Crippen molar-refractivity contribution in [2.45, 2.75) is 39.2 Å². The summed E-state index contributed by atoms with van der Waals surface area (Å²) in [6.45, 7) is 6.34. The van der Waals surface area contributed by atoms with Crippen LogP contribution in [0.2, 0.25) is 0 Å². The molecule has 0 spiro atoms. The Bertz CT molecular complexity index is 801. The maximum Gasteiger partial charge on any atom is 0.153 e. The lowest BCUT2D eigenvalue weighted by Gasteiger charge is -2.31. The van der Waals surface area contributed by atoms with Crippen LogP contribution in [0, 0.1) is 0 Å². The maximum absolute atomic E-state index is 11.5. The first kappa shape index (κ1) is 17.9. The summed E-state index contributed by atoms with van der Waals surface area (Å²) < 4.78 is 5.85. The summed E-state index contributed by atoms with van der Waals surface area (Å²) in [4.78, 5) is 16.1. The third-order valence-corrected chi connectivity index (χ3v) is 5.56. The lowest BCUT2D eigenvalue weighted by atomic mass is 9.99. The highest BCUT2D eigenvalue weighted by molar-refractivity contribution is 5.87. The van der Waals surface area contributed by atoms with Crippen LogP contribution in [-0.4, -0.2) is 32.0 Å². The first-order valence-electron chi connectivity index (χ1n) is 10.1. The third kappa shape index (κ3) is 4.10. The molecule has 1 fully saturated rings. The van der Waals surface area contributed by atoms with E-state index in [1.807, 2.05) is 0 Å². The van der Waals surface area contributed by atoms with Crippen LogP contribution in [-0.2, 0) is 17.8 Å². The molecule has 0 atom stereocenters. The maximum atomic E-state index is 11.5. The standard InChI is InChI=1S/C23H28N2O2/c1-2-3-14-27-23-9-4-19-16-24(12-10-18(19)15-23)20-5-7-21(8-6-20)25-13-11-22(26)17-25/h4-9,15H,2-3,10-14,16-17H2,1H3. The number of Topliss-reactive ketones (excluding diaryl/α,β-unsaturated/α-hetero) is 1. The average Bonchev–Trinajstić information content (AvgIpc) is 3.14. The quantitative estimate of drug-likeness (QED) is 0.719. The van der Waals surface area contributed by atoms with Gasteiger partial charge in [-0.15, -0.1) is 0 Å². The van der Waals surface area contributed by atoms with Crippen molar-refractivity contribution in [3.8, 4) is 5.75 Å². The van der Waals surface area contributed by atoms with Gasteiger partial charge >= 0.3 is 0 Å². The Kier molecular flexibility index (Phi) is 5.33. The van der Waals surface area contributed by atoms with Crippen molar-refractivity contribution in [2.24, 2.45) is 0 Å². The van der Waals surface area contributed by atoms with E-state index in [4.69, 9.17) is 4.74 Å². The van der Waals surface area contributed by atoms with Crippen LogP contribution in [0.25, 0.3) is 0 Å². The molecule has 2 aromatic carbocycles. The van der Waals surface area contributed by atoms with Crippen LogP contribution >= 0.6 is 0 Å². The summed E-state index contributed by atoms with van der Waals surface area (Å²) in [6.07, 6.45) is 3.98. The average molecular weight is 364 g/mol. The molecule has 0 aliphatic carbocycles. The number of hydrogen-bond donors (Lipinski definition) is 0. The van der Waals surface area contributed by atoms with E-state index < -0.39 is 0 Å². The van der Waals surface area contributed by atoms with E-state index in [1.165, 1.54) is 16.8 Å². The minimum Gasteiger partial charge on any atom is -0.494 e. The van der Waals surface area contributed by atoms with Gasteiger partial charge in [-0.2, -0.15) is 0 Å². The number of anilines is 2. The van der Waals surface area contributed by atoms with Gasteiger partial charge in [0, 0.05) is 37.4 Å². The van der Waals surface area contributed by atoms with Gasteiger partial charge < -0.3 is 14.5 Å². The van der Waals surface area contributed by atoms with Gasteiger partial charge in [0.25, 0.3) is 0 Å². The molecule has 142 valence electrons. The van der Waals surface area contributed by atoms with E-state index >= 15 is 0 Å². The highest BCUT2D eigenvalue weighted by Gasteiger charge is 2.21. The van der Waals surface area contributed by atoms with Crippen molar-refractivity contribution < 1.29 is 9.53 Å². The number of unbranched alkanes of at least 4 members (excludes halogenated alkanes) is 1. The number of ketones is 1. The Morgan fingerprint density at radius 3 is 2.26 bits per heavy atom. The second-order valence-electron chi connectivity index (χ2n) is 7.53. The normalized spacial score (nSPS) is 16.6. The van der Waals surface area contributed by atoms with Crippen LogP contribution in [0.3, 0.4) is 0 Å². The predicted molar refractivity (Wildman–Crippen MR) is 110 cm³/mol. The molecule has 2 aliphatic heterocycles. The summed E-state index contributed by atoms with van der Waals surface area (Å²) in [5, 5.41) is 0. The van der Waals surface area contributed by atoms with Gasteiger partial charge in [-0.05, 0) is 60.4 Å². The molecule has 0 N–H and O–H groups in total. The summed E-state index contributed by atoms with van der Waals surface area (Å²) in [5.74, 6) is 1.34. The molecular weight excluding hydrogens is 336 g/mol. The van der Waals surface area contributed by atoms with Crippen LogP contribution < -0.4 is 14.5 Å². The van der Waals surface area contributed by atoms with Gasteiger partial charge in [0.15, 0.2) is 5.78 Å². The Morgan fingerprint density at radius 2 is 1.59 bits per heavy atom. The molecule has 0 aromatic heterocycles. The molecule has 4 rings (SSSR count). The van der Waals surface area contributed by atoms with E-state index in [-0.39, 0.29) is 0 Å². The van der Waals surface area contributed by atoms with Gasteiger partial charge in [0.1, 0.15) is 5.75 Å². The van der Waals surface area contributed by atoms with Crippen molar-refractivity contribution in [2.75, 3.05) is 36.0 Å². The molecule has 2 aliphatic rings. The van der Waals surface area contributed by atoms with E-state index in [0.717, 1.165) is 56.9 Å². The van der Waals surface area contributed by atoms with Gasteiger partial charge in [0.2, 0.25) is 0 Å². The van der Waals surface area contributed by atoms with Crippen LogP contribution in [0.15, 0.2) is 42.5 Å². The van der Waals surface area contributed by atoms with Gasteiger partial charge in [-0.1, -0.05) is 19.4 Å². The fourth-order valence-corrected chi connectivity index (χ4v) is 3.90. The van der Waals surface area contributed by atoms with Crippen molar-refractivity contribution >= 4 is 17.2 Å². The topological polar surface area (TPSA) is 32.8 Å². The molecule has 2 heterocycles. The summed E-state index contributed by atoms with van der Waals surface area (Å²) in [5.41, 5.74) is 5.19. The lowest BCUT2D eigenvalue weighted by Crippen LogP contribution is -2.30. The number of fused-ring (bicyclic) bond motifs is 1. The van der Waals surface area contributed by atoms with Crippen LogP contribution in [0.4, 0.5) is 11.4 Å². The van der Waals surface area contributed by atoms with Gasteiger partial charge in [-0.25, -0.2) is 0 Å². The third-order valence-electron chi connectivity index (χ3n) is 5.56. The first-order chi connectivity index (χ1) is 13.2. The van der Waals surface area contributed by atoms with Crippen molar-refractivity contribution in [1.82, 2.24) is 0 Å². The zero-order valence-electron chi connectivity index (χ0n) is 16.1. The van der Waals surface area contributed by atoms with Crippen LogP contribution in [0.5, 0.6) is 5.75 Å². The zero-order valence-corrected chi connectivity index (χ0v) is 16.1. The van der Waals surface area contributed by atoms with Crippen LogP contribution in [0.1, 0.15) is 37.3 Å². The zero-order chi connectivity index (χ0) is 18.6. The molecule has 27 heavy (non-hydrogen) atoms. The molecule has 0 bridgehead atoms. The SMILES string of the molecule is CCCCOc1ccc2c(c1)CCN(c1ccc(N3CCC(=O)C3)cc1)C2. The molecule has 1 saturated heterocycles. The highest BCUT2D eigenvalue weighted by Crippen LogP contribution is 2.29. The minimum atomic E-state index is 0.338. The number of ether oxygens (including phenoxy) is 1. The summed E-state index contributed by atoms with van der Waals surface area (Å²) >= 11 is 0. The molecule has 0 amide bonds. The summed E-state index contributed by atoms with van der Waals surface area (Å²) in [7, 11) is 0. The van der Waals surface area contributed by atoms with Gasteiger partial charge in [0.05, 0.1) is 13.2 Å². The van der Waals surface area contributed by atoms with Crippen molar-refractivity contribution in [3.63, 3.8) is 0 Å².